The van der Waals surface area contributed by atoms with Gasteiger partial charge in [0.05, 0.1) is 10.2 Å². The summed E-state index contributed by atoms with van der Waals surface area (Å²) >= 11 is 1.39. The smallest absolute Gasteiger partial charge is 0.359 e. The molecule has 1 N–H and O–H groups in total. The van der Waals surface area contributed by atoms with Gasteiger partial charge in [0.15, 0.2) is 12.3 Å². The first-order valence-electron chi connectivity index (χ1n) is 10.6. The summed E-state index contributed by atoms with van der Waals surface area (Å²) in [6, 6.07) is 14.6. The number of aromatic nitrogens is 3. The monoisotopic (exact) mass is 473 g/mol. The molecule has 0 spiro atoms. The Balaban J connectivity index is 1.22. The second kappa shape index (κ2) is 9.36. The van der Waals surface area contributed by atoms with E-state index in [0.717, 1.165) is 22.3 Å². The van der Waals surface area contributed by atoms with Crippen molar-refractivity contribution in [3.05, 3.63) is 66.6 Å². The average Bonchev–Trinajstić information content (AvgIpc) is 3.49. The van der Waals surface area contributed by atoms with Crippen LogP contribution in [0.15, 0.2) is 60.9 Å². The van der Waals surface area contributed by atoms with E-state index in [9.17, 15) is 14.4 Å². The number of rotatable bonds is 6. The third-order valence-electron chi connectivity index (χ3n) is 5.26. The summed E-state index contributed by atoms with van der Waals surface area (Å²) in [5, 5.41) is 3.22. The van der Waals surface area contributed by atoms with Crippen LogP contribution in [0.25, 0.3) is 20.9 Å². The number of fused-ring (bicyclic) bond motifs is 1. The van der Waals surface area contributed by atoms with Crippen molar-refractivity contribution >= 4 is 50.7 Å². The van der Waals surface area contributed by atoms with E-state index < -0.39 is 18.5 Å². The molecule has 1 saturated heterocycles. The fourth-order valence-corrected chi connectivity index (χ4v) is 4.62. The van der Waals surface area contributed by atoms with Crippen LogP contribution in [-0.4, -0.2) is 45.9 Å². The van der Waals surface area contributed by atoms with Crippen molar-refractivity contribution in [1.29, 1.82) is 0 Å². The van der Waals surface area contributed by atoms with Gasteiger partial charge in [0.1, 0.15) is 10.7 Å². The number of carbonyl (C=O) groups excluding carboxylic acids is 3. The van der Waals surface area contributed by atoms with Gasteiger partial charge in [0.25, 0.3) is 5.91 Å². The maximum Gasteiger partial charge on any atom is 0.359 e. The van der Waals surface area contributed by atoms with Crippen molar-refractivity contribution in [2.75, 3.05) is 23.4 Å². The number of para-hydroxylation sites is 1. The lowest BCUT2D eigenvalue weighted by molar-refractivity contribution is -0.119. The van der Waals surface area contributed by atoms with Crippen molar-refractivity contribution in [3.8, 4) is 10.7 Å². The van der Waals surface area contributed by atoms with Crippen molar-refractivity contribution in [1.82, 2.24) is 15.0 Å². The second-order valence-corrected chi connectivity index (χ2v) is 8.59. The molecule has 2 amide bonds. The highest BCUT2D eigenvalue weighted by Crippen LogP contribution is 2.30. The maximum atomic E-state index is 12.7. The van der Waals surface area contributed by atoms with Gasteiger partial charge >= 0.3 is 5.97 Å². The molecule has 10 heteroatoms. The lowest BCUT2D eigenvalue weighted by Gasteiger charge is -2.16. The minimum Gasteiger partial charge on any atom is -0.451 e. The molecule has 0 saturated carbocycles. The molecule has 2 aromatic carbocycles. The molecular weight excluding hydrogens is 454 g/mol. The van der Waals surface area contributed by atoms with Crippen LogP contribution in [0.3, 0.4) is 0 Å². The highest BCUT2D eigenvalue weighted by molar-refractivity contribution is 7.21. The molecule has 0 bridgehead atoms. The Morgan fingerprint density at radius 3 is 2.62 bits per heavy atom. The lowest BCUT2D eigenvalue weighted by Crippen LogP contribution is -2.24. The van der Waals surface area contributed by atoms with Crippen molar-refractivity contribution in [2.24, 2.45) is 0 Å². The molecule has 9 nitrogen and oxygen atoms in total. The normalized spacial score (nSPS) is 13.3. The molecule has 34 heavy (non-hydrogen) atoms. The van der Waals surface area contributed by atoms with E-state index in [2.05, 4.69) is 20.3 Å². The molecule has 0 aliphatic carbocycles. The van der Waals surface area contributed by atoms with Gasteiger partial charge in [-0.25, -0.2) is 19.7 Å². The number of thiazole rings is 1. The van der Waals surface area contributed by atoms with Gasteiger partial charge in [0.2, 0.25) is 5.91 Å². The van der Waals surface area contributed by atoms with Crippen molar-refractivity contribution in [3.63, 3.8) is 0 Å². The van der Waals surface area contributed by atoms with Gasteiger partial charge < -0.3 is 15.0 Å². The fourth-order valence-electron chi connectivity index (χ4n) is 3.66. The standard InChI is InChI=1S/C24H19N5O4S/c30-19(27-15-7-9-16(10-8-15)29-13-3-6-20(29)31)14-33-24(32)22-21(25-11-12-26-22)23-28-17-4-1-2-5-18(17)34-23/h1-2,4-5,7-12H,3,6,13-14H2,(H,27,30). The minimum absolute atomic E-state index is 0.00557. The Hall–Kier alpha value is -4.18. The molecule has 1 fully saturated rings. The van der Waals surface area contributed by atoms with Crippen LogP contribution < -0.4 is 10.2 Å². The third kappa shape index (κ3) is 4.48. The molecule has 1 aliphatic rings. The van der Waals surface area contributed by atoms with E-state index in [-0.39, 0.29) is 11.6 Å². The number of amides is 2. The molecule has 2 aromatic heterocycles. The van der Waals surface area contributed by atoms with Crippen LogP contribution in [0.5, 0.6) is 0 Å². The van der Waals surface area contributed by atoms with Crippen LogP contribution in [-0.2, 0) is 14.3 Å². The summed E-state index contributed by atoms with van der Waals surface area (Å²) in [4.78, 5) is 51.5. The molecular formula is C24H19N5O4S. The van der Waals surface area contributed by atoms with E-state index in [0.29, 0.717) is 29.4 Å². The molecule has 0 radical (unpaired) electrons. The highest BCUT2D eigenvalue weighted by Gasteiger charge is 2.22. The number of ether oxygens (including phenoxy) is 1. The molecule has 3 heterocycles. The number of hydrogen-bond acceptors (Lipinski definition) is 8. The average molecular weight is 474 g/mol. The fraction of sp³-hybridized carbons (Fsp3) is 0.167. The van der Waals surface area contributed by atoms with Gasteiger partial charge in [-0.1, -0.05) is 12.1 Å². The third-order valence-corrected chi connectivity index (χ3v) is 6.30. The van der Waals surface area contributed by atoms with Crippen molar-refractivity contribution < 1.29 is 19.1 Å². The zero-order valence-corrected chi connectivity index (χ0v) is 18.7. The van der Waals surface area contributed by atoms with E-state index in [1.807, 2.05) is 24.3 Å². The van der Waals surface area contributed by atoms with Crippen LogP contribution in [0.4, 0.5) is 11.4 Å². The zero-order valence-electron chi connectivity index (χ0n) is 17.9. The van der Waals surface area contributed by atoms with E-state index in [4.69, 9.17) is 4.74 Å². The summed E-state index contributed by atoms with van der Waals surface area (Å²) in [6.45, 7) is 0.211. The number of hydrogen-bond donors (Lipinski definition) is 1. The number of anilines is 2. The number of carbonyl (C=O) groups is 3. The first-order valence-corrected chi connectivity index (χ1v) is 11.4. The van der Waals surface area contributed by atoms with Crippen LogP contribution in [0.1, 0.15) is 23.3 Å². The Kier molecular flexibility index (Phi) is 5.96. The summed E-state index contributed by atoms with van der Waals surface area (Å²) in [7, 11) is 0. The predicted molar refractivity (Wildman–Crippen MR) is 128 cm³/mol. The number of esters is 1. The summed E-state index contributed by atoms with van der Waals surface area (Å²) in [5.41, 5.74) is 2.42. The largest absolute Gasteiger partial charge is 0.451 e. The maximum absolute atomic E-state index is 12.7. The van der Waals surface area contributed by atoms with Crippen LogP contribution in [0.2, 0.25) is 0 Å². The highest BCUT2D eigenvalue weighted by atomic mass is 32.1. The zero-order chi connectivity index (χ0) is 23.5. The predicted octanol–water partition coefficient (Wildman–Crippen LogP) is 3.68. The minimum atomic E-state index is -0.764. The van der Waals surface area contributed by atoms with Crippen molar-refractivity contribution in [2.45, 2.75) is 12.8 Å². The Morgan fingerprint density at radius 1 is 1.06 bits per heavy atom. The number of nitrogens with zero attached hydrogens (tertiary/aromatic N) is 4. The molecule has 4 aromatic rings. The number of nitrogens with one attached hydrogen (secondary N) is 1. The summed E-state index contributed by atoms with van der Waals surface area (Å²) in [5.74, 6) is -1.16. The van der Waals surface area contributed by atoms with Gasteiger partial charge in [-0.05, 0) is 42.8 Å². The summed E-state index contributed by atoms with van der Waals surface area (Å²) in [6.07, 6.45) is 4.26. The topological polar surface area (TPSA) is 114 Å². The Morgan fingerprint density at radius 2 is 1.85 bits per heavy atom. The molecule has 0 atom stereocenters. The molecule has 0 unspecified atom stereocenters. The van der Waals surface area contributed by atoms with E-state index >= 15 is 0 Å². The second-order valence-electron chi connectivity index (χ2n) is 7.56. The van der Waals surface area contributed by atoms with Crippen LogP contribution >= 0.6 is 11.3 Å². The molecule has 5 rings (SSSR count). The molecule has 1 aliphatic heterocycles. The SMILES string of the molecule is O=C(COC(=O)c1nccnc1-c1nc2ccccc2s1)Nc1ccc(N2CCCC2=O)cc1. The van der Waals surface area contributed by atoms with Gasteiger partial charge in [-0.2, -0.15) is 0 Å². The molecule has 170 valence electrons. The van der Waals surface area contributed by atoms with E-state index in [1.54, 1.807) is 29.2 Å². The summed E-state index contributed by atoms with van der Waals surface area (Å²) < 4.78 is 6.15. The van der Waals surface area contributed by atoms with E-state index in [1.165, 1.54) is 23.7 Å². The Bertz CT molecular complexity index is 1350. The van der Waals surface area contributed by atoms with Gasteiger partial charge in [0, 0.05) is 36.7 Å². The van der Waals surface area contributed by atoms with Gasteiger partial charge in [-0.15, -0.1) is 11.3 Å². The Labute approximate surface area is 198 Å². The first-order chi connectivity index (χ1) is 16.6. The number of benzene rings is 2. The first kappa shape index (κ1) is 21.7. The van der Waals surface area contributed by atoms with Crippen LogP contribution in [0, 0.1) is 0 Å². The lowest BCUT2D eigenvalue weighted by atomic mass is 10.2. The van der Waals surface area contributed by atoms with Gasteiger partial charge in [-0.3, -0.25) is 9.59 Å². The quantitative estimate of drug-likeness (QED) is 0.425.